The number of nitrogens with zero attached hydrogens (tertiary/aromatic N) is 2. The number of hydrogen-bond donors (Lipinski definition) is 0. The number of likely N-dealkylation sites (tertiary alicyclic amines) is 1. The van der Waals surface area contributed by atoms with E-state index in [1.807, 2.05) is 0 Å². The quantitative estimate of drug-likeness (QED) is 0.851. The van der Waals surface area contributed by atoms with Crippen LogP contribution in [0.5, 0.6) is 5.75 Å². The van der Waals surface area contributed by atoms with Gasteiger partial charge in [-0.1, -0.05) is 6.92 Å². The van der Waals surface area contributed by atoms with Gasteiger partial charge in [0.1, 0.15) is 11.9 Å². The minimum Gasteiger partial charge on any atom is -0.490 e. The van der Waals surface area contributed by atoms with Crippen molar-refractivity contribution in [2.45, 2.75) is 38.7 Å². The molecule has 1 unspecified atom stereocenters. The molecule has 1 atom stereocenters. The van der Waals surface area contributed by atoms with Gasteiger partial charge in [-0.2, -0.15) is 0 Å². The van der Waals surface area contributed by atoms with E-state index in [4.69, 9.17) is 9.73 Å². The van der Waals surface area contributed by atoms with Crippen LogP contribution in [0.1, 0.15) is 38.2 Å². The van der Waals surface area contributed by atoms with Crippen molar-refractivity contribution in [1.29, 1.82) is 0 Å². The third-order valence-corrected chi connectivity index (χ3v) is 4.62. The molecule has 1 fully saturated rings. The van der Waals surface area contributed by atoms with Crippen LogP contribution < -0.4 is 4.74 Å². The minimum absolute atomic E-state index is 0.375. The molecule has 0 aromatic heterocycles. The monoisotopic (exact) mass is 286 g/mol. The molecule has 1 aromatic carbocycles. The molecule has 0 amide bonds. The third kappa shape index (κ3) is 3.85. The molecule has 0 bridgehead atoms. The zero-order valence-electron chi connectivity index (χ0n) is 13.2. The Kier molecular flexibility index (Phi) is 4.59. The van der Waals surface area contributed by atoms with E-state index >= 15 is 0 Å². The van der Waals surface area contributed by atoms with E-state index in [0.717, 1.165) is 50.6 Å². The van der Waals surface area contributed by atoms with Crippen molar-refractivity contribution >= 4 is 5.71 Å². The molecule has 2 heterocycles. The molecule has 0 spiro atoms. The SMILES string of the molecule is CC1CCC(c2ccc(OC3CCN(C)CC3)cc2)=NC1. The Hall–Kier alpha value is -1.35. The molecule has 0 aliphatic carbocycles. The summed E-state index contributed by atoms with van der Waals surface area (Å²) >= 11 is 0. The number of hydrogen-bond acceptors (Lipinski definition) is 3. The molecule has 0 saturated carbocycles. The Balaban J connectivity index is 1.59. The van der Waals surface area contributed by atoms with Crippen LogP contribution in [0.15, 0.2) is 29.3 Å². The van der Waals surface area contributed by atoms with Crippen LogP contribution >= 0.6 is 0 Å². The molecule has 2 aliphatic rings. The summed E-state index contributed by atoms with van der Waals surface area (Å²) in [4.78, 5) is 7.07. The normalized spacial score (nSPS) is 24.7. The average molecular weight is 286 g/mol. The lowest BCUT2D eigenvalue weighted by Gasteiger charge is -2.29. The summed E-state index contributed by atoms with van der Waals surface area (Å²) in [5.41, 5.74) is 2.52. The van der Waals surface area contributed by atoms with E-state index in [2.05, 4.69) is 43.1 Å². The van der Waals surface area contributed by atoms with Gasteiger partial charge in [-0.05, 0) is 68.5 Å². The molecule has 3 nitrogen and oxygen atoms in total. The lowest BCUT2D eigenvalue weighted by atomic mass is 9.96. The average Bonchev–Trinajstić information content (AvgIpc) is 2.51. The van der Waals surface area contributed by atoms with Crippen LogP contribution in [-0.2, 0) is 0 Å². The van der Waals surface area contributed by atoms with Gasteiger partial charge in [0.2, 0.25) is 0 Å². The molecular formula is C18H26N2O. The van der Waals surface area contributed by atoms with Crippen molar-refractivity contribution in [3.8, 4) is 5.75 Å². The largest absolute Gasteiger partial charge is 0.490 e. The molecule has 114 valence electrons. The maximum absolute atomic E-state index is 6.10. The fraction of sp³-hybridized carbons (Fsp3) is 0.611. The maximum atomic E-state index is 6.10. The van der Waals surface area contributed by atoms with Crippen LogP contribution in [0.25, 0.3) is 0 Å². The van der Waals surface area contributed by atoms with Crippen molar-refractivity contribution in [3.63, 3.8) is 0 Å². The number of rotatable bonds is 3. The van der Waals surface area contributed by atoms with Gasteiger partial charge in [-0.15, -0.1) is 0 Å². The Morgan fingerprint density at radius 3 is 2.43 bits per heavy atom. The second kappa shape index (κ2) is 6.61. The number of benzene rings is 1. The van der Waals surface area contributed by atoms with Gasteiger partial charge in [-0.25, -0.2) is 0 Å². The minimum atomic E-state index is 0.375. The number of ether oxygens (including phenoxy) is 1. The Labute approximate surface area is 128 Å². The highest BCUT2D eigenvalue weighted by Gasteiger charge is 2.18. The number of aliphatic imine (C=N–C) groups is 1. The third-order valence-electron chi connectivity index (χ3n) is 4.62. The van der Waals surface area contributed by atoms with Crippen molar-refractivity contribution in [1.82, 2.24) is 4.90 Å². The van der Waals surface area contributed by atoms with Gasteiger partial charge in [0.15, 0.2) is 0 Å². The first-order valence-electron chi connectivity index (χ1n) is 8.19. The highest BCUT2D eigenvalue weighted by molar-refractivity contribution is 6.01. The van der Waals surface area contributed by atoms with Crippen molar-refractivity contribution in [2.24, 2.45) is 10.9 Å². The lowest BCUT2D eigenvalue weighted by Crippen LogP contribution is -2.35. The van der Waals surface area contributed by atoms with Gasteiger partial charge in [0.25, 0.3) is 0 Å². The van der Waals surface area contributed by atoms with Crippen LogP contribution in [-0.4, -0.2) is 43.4 Å². The zero-order chi connectivity index (χ0) is 14.7. The highest BCUT2D eigenvalue weighted by atomic mass is 16.5. The van der Waals surface area contributed by atoms with Gasteiger partial charge in [0, 0.05) is 25.3 Å². The van der Waals surface area contributed by atoms with Gasteiger partial charge < -0.3 is 9.64 Å². The summed E-state index contributed by atoms with van der Waals surface area (Å²) in [6.45, 7) is 5.53. The molecular weight excluding hydrogens is 260 g/mol. The van der Waals surface area contributed by atoms with E-state index in [-0.39, 0.29) is 0 Å². The summed E-state index contributed by atoms with van der Waals surface area (Å²) in [6.07, 6.45) is 4.99. The molecule has 3 heteroatoms. The molecule has 2 aliphatic heterocycles. The predicted molar refractivity (Wildman–Crippen MR) is 87.4 cm³/mol. The molecule has 3 rings (SSSR count). The summed E-state index contributed by atoms with van der Waals surface area (Å²) < 4.78 is 6.10. The molecule has 0 N–H and O–H groups in total. The van der Waals surface area contributed by atoms with Gasteiger partial charge >= 0.3 is 0 Å². The van der Waals surface area contributed by atoms with Crippen LogP contribution in [0, 0.1) is 5.92 Å². The fourth-order valence-electron chi connectivity index (χ4n) is 3.08. The first kappa shape index (κ1) is 14.6. The summed E-state index contributed by atoms with van der Waals surface area (Å²) in [7, 11) is 2.18. The Morgan fingerprint density at radius 1 is 1.10 bits per heavy atom. The number of piperidine rings is 1. The lowest BCUT2D eigenvalue weighted by molar-refractivity contribution is 0.114. The summed E-state index contributed by atoms with van der Waals surface area (Å²) in [5, 5.41) is 0. The van der Waals surface area contributed by atoms with E-state index < -0.39 is 0 Å². The van der Waals surface area contributed by atoms with E-state index in [9.17, 15) is 0 Å². The smallest absolute Gasteiger partial charge is 0.119 e. The summed E-state index contributed by atoms with van der Waals surface area (Å²) in [6, 6.07) is 8.54. The highest BCUT2D eigenvalue weighted by Crippen LogP contribution is 2.22. The predicted octanol–water partition coefficient (Wildman–Crippen LogP) is 3.38. The maximum Gasteiger partial charge on any atom is 0.119 e. The Bertz CT molecular complexity index is 486. The van der Waals surface area contributed by atoms with Crippen molar-refractivity contribution < 1.29 is 4.74 Å². The van der Waals surface area contributed by atoms with Gasteiger partial charge in [0.05, 0.1) is 0 Å². The Morgan fingerprint density at radius 2 is 1.81 bits per heavy atom. The van der Waals surface area contributed by atoms with Crippen LogP contribution in [0.4, 0.5) is 0 Å². The molecule has 1 saturated heterocycles. The second-order valence-corrected chi connectivity index (χ2v) is 6.58. The molecule has 1 aromatic rings. The van der Waals surface area contributed by atoms with E-state index in [1.165, 1.54) is 17.7 Å². The summed E-state index contributed by atoms with van der Waals surface area (Å²) in [5.74, 6) is 1.74. The van der Waals surface area contributed by atoms with E-state index in [0.29, 0.717) is 6.10 Å². The first-order valence-corrected chi connectivity index (χ1v) is 8.19. The van der Waals surface area contributed by atoms with Crippen LogP contribution in [0.3, 0.4) is 0 Å². The second-order valence-electron chi connectivity index (χ2n) is 6.58. The van der Waals surface area contributed by atoms with Gasteiger partial charge in [-0.3, -0.25) is 4.99 Å². The standard InChI is InChI=1S/C18H26N2O/c1-14-3-8-18(19-13-14)15-4-6-16(7-5-15)21-17-9-11-20(2)12-10-17/h4-7,14,17H,3,8-13H2,1-2H3. The molecule has 21 heavy (non-hydrogen) atoms. The zero-order valence-corrected chi connectivity index (χ0v) is 13.2. The van der Waals surface area contributed by atoms with Crippen LogP contribution in [0.2, 0.25) is 0 Å². The first-order chi connectivity index (χ1) is 10.2. The fourth-order valence-corrected chi connectivity index (χ4v) is 3.08. The van der Waals surface area contributed by atoms with Crippen molar-refractivity contribution in [3.05, 3.63) is 29.8 Å². The van der Waals surface area contributed by atoms with Crippen molar-refractivity contribution in [2.75, 3.05) is 26.7 Å². The molecule has 0 radical (unpaired) electrons. The topological polar surface area (TPSA) is 24.8 Å². The van der Waals surface area contributed by atoms with E-state index in [1.54, 1.807) is 0 Å².